The summed E-state index contributed by atoms with van der Waals surface area (Å²) in [5.41, 5.74) is 8.00. The number of anilines is 2. The van der Waals surface area contributed by atoms with E-state index in [1.54, 1.807) is 12.1 Å². The smallest absolute Gasteiger partial charge is 0.241 e. The Bertz CT molecular complexity index is 472. The SMILES string of the molecule is CCC[C@H](N)C(=O)Nc1cc(NC(C)=O)ccc1C. The van der Waals surface area contributed by atoms with Crippen LogP contribution >= 0.6 is 0 Å². The fraction of sp³-hybridized carbons (Fsp3) is 0.429. The number of nitrogens with two attached hydrogens (primary N) is 1. The van der Waals surface area contributed by atoms with Crippen LogP contribution in [0.25, 0.3) is 0 Å². The van der Waals surface area contributed by atoms with Crippen LogP contribution in [0.5, 0.6) is 0 Å². The highest BCUT2D eigenvalue weighted by Gasteiger charge is 2.13. The van der Waals surface area contributed by atoms with Crippen LogP contribution in [-0.2, 0) is 9.59 Å². The standard InChI is InChI=1S/C14H21N3O2/c1-4-5-12(15)14(19)17-13-8-11(16-10(3)18)7-6-9(13)2/h6-8,12H,4-5,15H2,1-3H3,(H,16,18)(H,17,19)/t12-/m0/s1. The molecule has 0 bridgehead atoms. The molecule has 0 unspecified atom stereocenters. The second kappa shape index (κ2) is 6.89. The molecule has 0 aliphatic carbocycles. The number of carbonyl (C=O) groups is 2. The van der Waals surface area contributed by atoms with E-state index in [4.69, 9.17) is 5.73 Å². The predicted octanol–water partition coefficient (Wildman–Crippen LogP) is 2.02. The first kappa shape index (κ1) is 15.2. The van der Waals surface area contributed by atoms with E-state index in [1.165, 1.54) is 6.92 Å². The van der Waals surface area contributed by atoms with Crippen molar-refractivity contribution in [3.8, 4) is 0 Å². The molecule has 1 atom stereocenters. The lowest BCUT2D eigenvalue weighted by atomic mass is 10.1. The Morgan fingerprint density at radius 1 is 1.32 bits per heavy atom. The largest absolute Gasteiger partial charge is 0.326 e. The highest BCUT2D eigenvalue weighted by Crippen LogP contribution is 2.20. The van der Waals surface area contributed by atoms with Crippen molar-refractivity contribution >= 4 is 23.2 Å². The minimum atomic E-state index is -0.506. The lowest BCUT2D eigenvalue weighted by molar-refractivity contribution is -0.117. The van der Waals surface area contributed by atoms with Crippen molar-refractivity contribution in [1.82, 2.24) is 0 Å². The van der Waals surface area contributed by atoms with Crippen LogP contribution in [-0.4, -0.2) is 17.9 Å². The molecule has 0 saturated heterocycles. The van der Waals surface area contributed by atoms with Gasteiger partial charge in [-0.15, -0.1) is 0 Å². The summed E-state index contributed by atoms with van der Waals surface area (Å²) in [6, 6.07) is 4.85. The van der Waals surface area contributed by atoms with Gasteiger partial charge >= 0.3 is 0 Å². The average molecular weight is 263 g/mol. The van der Waals surface area contributed by atoms with E-state index in [-0.39, 0.29) is 11.8 Å². The molecule has 5 heteroatoms. The molecule has 0 heterocycles. The second-order valence-electron chi connectivity index (χ2n) is 4.60. The quantitative estimate of drug-likeness (QED) is 0.759. The summed E-state index contributed by atoms with van der Waals surface area (Å²) >= 11 is 0. The van der Waals surface area contributed by atoms with Gasteiger partial charge in [0.1, 0.15) is 0 Å². The van der Waals surface area contributed by atoms with E-state index in [2.05, 4.69) is 10.6 Å². The molecule has 4 N–H and O–H groups in total. The molecule has 0 aliphatic rings. The van der Waals surface area contributed by atoms with Gasteiger partial charge in [0.25, 0.3) is 0 Å². The molecule has 5 nitrogen and oxygen atoms in total. The molecule has 0 spiro atoms. The van der Waals surface area contributed by atoms with E-state index in [1.807, 2.05) is 19.9 Å². The topological polar surface area (TPSA) is 84.2 Å². The van der Waals surface area contributed by atoms with Crippen molar-refractivity contribution in [1.29, 1.82) is 0 Å². The average Bonchev–Trinajstić information content (AvgIpc) is 2.33. The fourth-order valence-electron chi connectivity index (χ4n) is 1.71. The Balaban J connectivity index is 2.82. The maximum atomic E-state index is 11.9. The highest BCUT2D eigenvalue weighted by atomic mass is 16.2. The molecular weight excluding hydrogens is 242 g/mol. The molecule has 1 rings (SSSR count). The van der Waals surface area contributed by atoms with Crippen molar-refractivity contribution in [3.05, 3.63) is 23.8 Å². The van der Waals surface area contributed by atoms with Crippen LogP contribution in [0.2, 0.25) is 0 Å². The van der Waals surface area contributed by atoms with Crippen LogP contribution in [0, 0.1) is 6.92 Å². The van der Waals surface area contributed by atoms with Crippen molar-refractivity contribution in [3.63, 3.8) is 0 Å². The van der Waals surface area contributed by atoms with Gasteiger partial charge in [0, 0.05) is 18.3 Å². The first-order chi connectivity index (χ1) is 8.93. The third-order valence-corrected chi connectivity index (χ3v) is 2.75. The van der Waals surface area contributed by atoms with Crippen molar-refractivity contribution in [2.75, 3.05) is 10.6 Å². The van der Waals surface area contributed by atoms with Crippen LogP contribution in [0.4, 0.5) is 11.4 Å². The Labute approximate surface area is 113 Å². The molecule has 104 valence electrons. The van der Waals surface area contributed by atoms with Gasteiger partial charge in [0.05, 0.1) is 6.04 Å². The van der Waals surface area contributed by atoms with E-state index >= 15 is 0 Å². The highest BCUT2D eigenvalue weighted by molar-refractivity contribution is 5.96. The summed E-state index contributed by atoms with van der Waals surface area (Å²) in [6.45, 7) is 5.31. The predicted molar refractivity (Wildman–Crippen MR) is 77.0 cm³/mol. The molecule has 0 aliphatic heterocycles. The first-order valence-corrected chi connectivity index (χ1v) is 6.38. The maximum Gasteiger partial charge on any atom is 0.241 e. The second-order valence-corrected chi connectivity index (χ2v) is 4.60. The van der Waals surface area contributed by atoms with Gasteiger partial charge in [-0.2, -0.15) is 0 Å². The monoisotopic (exact) mass is 263 g/mol. The molecule has 19 heavy (non-hydrogen) atoms. The van der Waals surface area contributed by atoms with Crippen LogP contribution in [0.15, 0.2) is 18.2 Å². The maximum absolute atomic E-state index is 11.9. The van der Waals surface area contributed by atoms with E-state index in [0.29, 0.717) is 17.8 Å². The minimum Gasteiger partial charge on any atom is -0.326 e. The summed E-state index contributed by atoms with van der Waals surface area (Å²) in [4.78, 5) is 22.9. The zero-order chi connectivity index (χ0) is 14.4. The van der Waals surface area contributed by atoms with Gasteiger partial charge in [0.2, 0.25) is 11.8 Å². The Kier molecular flexibility index (Phi) is 5.51. The number of nitrogens with one attached hydrogen (secondary N) is 2. The van der Waals surface area contributed by atoms with Gasteiger partial charge in [-0.1, -0.05) is 19.4 Å². The van der Waals surface area contributed by atoms with Gasteiger partial charge in [-0.05, 0) is 31.0 Å². The molecule has 1 aromatic rings. The van der Waals surface area contributed by atoms with Gasteiger partial charge < -0.3 is 16.4 Å². The molecule has 2 amide bonds. The van der Waals surface area contributed by atoms with Gasteiger partial charge in [-0.3, -0.25) is 9.59 Å². The lowest BCUT2D eigenvalue weighted by Gasteiger charge is -2.14. The Morgan fingerprint density at radius 3 is 2.58 bits per heavy atom. The zero-order valence-electron chi connectivity index (χ0n) is 11.6. The normalized spacial score (nSPS) is 11.8. The number of hydrogen-bond donors (Lipinski definition) is 3. The number of rotatable bonds is 5. The number of carbonyl (C=O) groups excluding carboxylic acids is 2. The summed E-state index contributed by atoms with van der Waals surface area (Å²) in [6.07, 6.45) is 1.51. The number of hydrogen-bond acceptors (Lipinski definition) is 3. The van der Waals surface area contributed by atoms with Gasteiger partial charge in [0.15, 0.2) is 0 Å². The van der Waals surface area contributed by atoms with E-state index in [0.717, 1.165) is 12.0 Å². The van der Waals surface area contributed by atoms with Crippen LogP contribution < -0.4 is 16.4 Å². The molecule has 0 radical (unpaired) electrons. The molecule has 0 aromatic heterocycles. The lowest BCUT2D eigenvalue weighted by Crippen LogP contribution is -2.35. The number of aryl methyl sites for hydroxylation is 1. The van der Waals surface area contributed by atoms with Gasteiger partial charge in [-0.25, -0.2) is 0 Å². The van der Waals surface area contributed by atoms with E-state index < -0.39 is 6.04 Å². The third kappa shape index (κ3) is 4.71. The first-order valence-electron chi connectivity index (χ1n) is 6.38. The van der Waals surface area contributed by atoms with Crippen molar-refractivity contribution < 1.29 is 9.59 Å². The summed E-state index contributed by atoms with van der Waals surface area (Å²) < 4.78 is 0. The molecule has 0 saturated carbocycles. The summed E-state index contributed by atoms with van der Waals surface area (Å²) in [5, 5.41) is 5.47. The number of amides is 2. The van der Waals surface area contributed by atoms with E-state index in [9.17, 15) is 9.59 Å². The zero-order valence-corrected chi connectivity index (χ0v) is 11.6. The fourth-order valence-corrected chi connectivity index (χ4v) is 1.71. The van der Waals surface area contributed by atoms with Crippen molar-refractivity contribution in [2.24, 2.45) is 5.73 Å². The Morgan fingerprint density at radius 2 is 2.00 bits per heavy atom. The summed E-state index contributed by atoms with van der Waals surface area (Å²) in [7, 11) is 0. The Hall–Kier alpha value is -1.88. The van der Waals surface area contributed by atoms with Crippen molar-refractivity contribution in [2.45, 2.75) is 39.7 Å². The molecular formula is C14H21N3O2. The third-order valence-electron chi connectivity index (χ3n) is 2.75. The number of benzene rings is 1. The minimum absolute atomic E-state index is 0.149. The summed E-state index contributed by atoms with van der Waals surface area (Å²) in [5.74, 6) is -0.353. The van der Waals surface area contributed by atoms with Crippen LogP contribution in [0.1, 0.15) is 32.3 Å². The van der Waals surface area contributed by atoms with Crippen LogP contribution in [0.3, 0.4) is 0 Å². The molecule has 0 fully saturated rings. The molecule has 1 aromatic carbocycles.